The molecule has 0 saturated heterocycles. The second-order valence-electron chi connectivity index (χ2n) is 10.2. The van der Waals surface area contributed by atoms with Crippen LogP contribution in [-0.2, 0) is 6.61 Å². The maximum atomic E-state index is 13.0. The molecule has 5 nitrogen and oxygen atoms in total. The van der Waals surface area contributed by atoms with Gasteiger partial charge >= 0.3 is 0 Å². The standard InChI is InChI=1S/C25H32N2O3/c1-15-5-4-6-22(16(15)2)29-13-21-17(3)30-27-23(21)24(28)26-14-25-10-18-7-19(11-25)9-20(8-18)12-25/h4-6,18-20H,7-14H2,1-3H3,(H,26,28). The maximum absolute atomic E-state index is 13.0. The van der Waals surface area contributed by atoms with Gasteiger partial charge in [-0.2, -0.15) is 0 Å². The molecule has 160 valence electrons. The van der Waals surface area contributed by atoms with Gasteiger partial charge in [0.1, 0.15) is 18.1 Å². The number of nitrogens with zero attached hydrogens (tertiary/aromatic N) is 1. The third kappa shape index (κ3) is 3.52. The molecule has 0 radical (unpaired) electrons. The average Bonchev–Trinajstić information content (AvgIpc) is 3.07. The van der Waals surface area contributed by atoms with Crippen LogP contribution in [0.25, 0.3) is 0 Å². The van der Waals surface area contributed by atoms with Crippen LogP contribution >= 0.6 is 0 Å². The number of hydrogen-bond donors (Lipinski definition) is 1. The van der Waals surface area contributed by atoms with Crippen molar-refractivity contribution in [2.75, 3.05) is 6.54 Å². The highest BCUT2D eigenvalue weighted by Gasteiger charge is 2.50. The van der Waals surface area contributed by atoms with Crippen LogP contribution in [0.3, 0.4) is 0 Å². The zero-order chi connectivity index (χ0) is 20.9. The number of amides is 1. The van der Waals surface area contributed by atoms with Gasteiger partial charge in [0.15, 0.2) is 5.69 Å². The van der Waals surface area contributed by atoms with E-state index in [-0.39, 0.29) is 12.5 Å². The SMILES string of the molecule is Cc1cccc(OCc2c(C(=O)NCC34CC5CC(CC(C5)C3)C4)noc2C)c1C. The minimum Gasteiger partial charge on any atom is -0.488 e. The number of carbonyl (C=O) groups is 1. The van der Waals surface area contributed by atoms with Crippen LogP contribution < -0.4 is 10.1 Å². The van der Waals surface area contributed by atoms with Gasteiger partial charge in [-0.15, -0.1) is 0 Å². The summed E-state index contributed by atoms with van der Waals surface area (Å²) < 4.78 is 11.4. The molecule has 6 rings (SSSR count). The first-order chi connectivity index (χ1) is 14.4. The van der Waals surface area contributed by atoms with Gasteiger partial charge in [0.25, 0.3) is 5.91 Å². The molecule has 4 saturated carbocycles. The molecule has 0 aliphatic heterocycles. The quantitative estimate of drug-likeness (QED) is 0.720. The Kier molecular flexibility index (Phi) is 4.87. The van der Waals surface area contributed by atoms with E-state index in [1.54, 1.807) is 0 Å². The van der Waals surface area contributed by atoms with Gasteiger partial charge in [-0.1, -0.05) is 17.3 Å². The molecular formula is C25H32N2O3. The highest BCUT2D eigenvalue weighted by Crippen LogP contribution is 2.59. The van der Waals surface area contributed by atoms with Gasteiger partial charge in [-0.05, 0) is 99.7 Å². The first-order valence-corrected chi connectivity index (χ1v) is 11.3. The molecule has 0 atom stereocenters. The summed E-state index contributed by atoms with van der Waals surface area (Å²) in [4.78, 5) is 13.0. The zero-order valence-electron chi connectivity index (χ0n) is 18.3. The second kappa shape index (κ2) is 7.44. The van der Waals surface area contributed by atoms with E-state index in [2.05, 4.69) is 23.5 Å². The van der Waals surface area contributed by atoms with Crippen molar-refractivity contribution in [3.05, 3.63) is 46.3 Å². The fourth-order valence-corrected chi connectivity index (χ4v) is 6.63. The number of rotatable bonds is 6. The van der Waals surface area contributed by atoms with Crippen molar-refractivity contribution in [2.24, 2.45) is 23.2 Å². The van der Waals surface area contributed by atoms with Crippen molar-refractivity contribution in [3.8, 4) is 5.75 Å². The molecule has 4 aliphatic carbocycles. The molecule has 1 heterocycles. The Bertz CT molecular complexity index is 926. The van der Waals surface area contributed by atoms with Gasteiger partial charge in [0, 0.05) is 6.54 Å². The molecule has 4 bridgehead atoms. The van der Waals surface area contributed by atoms with Gasteiger partial charge in [0.05, 0.1) is 5.56 Å². The number of hydrogen-bond acceptors (Lipinski definition) is 4. The lowest BCUT2D eigenvalue weighted by Gasteiger charge is -2.56. The molecule has 1 amide bonds. The summed E-state index contributed by atoms with van der Waals surface area (Å²) in [6, 6.07) is 6.01. The van der Waals surface area contributed by atoms with Gasteiger partial charge in [-0.3, -0.25) is 4.79 Å². The monoisotopic (exact) mass is 408 g/mol. The Morgan fingerprint density at radius 1 is 1.13 bits per heavy atom. The summed E-state index contributed by atoms with van der Waals surface area (Å²) in [6.45, 7) is 6.99. The maximum Gasteiger partial charge on any atom is 0.273 e. The van der Waals surface area contributed by atoms with Crippen LogP contribution in [0, 0.1) is 43.9 Å². The van der Waals surface area contributed by atoms with Gasteiger partial charge < -0.3 is 14.6 Å². The average molecular weight is 409 g/mol. The number of aryl methyl sites for hydroxylation is 2. The van der Waals surface area contributed by atoms with Crippen LogP contribution in [0.15, 0.2) is 22.7 Å². The molecule has 1 N–H and O–H groups in total. The summed E-state index contributed by atoms with van der Waals surface area (Å²) in [6.07, 6.45) is 8.07. The van der Waals surface area contributed by atoms with Gasteiger partial charge in [0.2, 0.25) is 0 Å². The normalized spacial score (nSPS) is 29.2. The predicted octanol–water partition coefficient (Wildman–Crippen LogP) is 5.13. The lowest BCUT2D eigenvalue weighted by molar-refractivity contribution is -0.0503. The van der Waals surface area contributed by atoms with Crippen LogP contribution in [0.2, 0.25) is 0 Å². The summed E-state index contributed by atoms with van der Waals surface area (Å²) in [5.74, 6) is 3.97. The minimum absolute atomic E-state index is 0.137. The minimum atomic E-state index is -0.137. The summed E-state index contributed by atoms with van der Waals surface area (Å²) in [5.41, 5.74) is 3.70. The topological polar surface area (TPSA) is 64.4 Å². The van der Waals surface area contributed by atoms with E-state index in [0.717, 1.165) is 41.2 Å². The lowest BCUT2D eigenvalue weighted by atomic mass is 9.49. The van der Waals surface area contributed by atoms with Gasteiger partial charge in [-0.25, -0.2) is 0 Å². The van der Waals surface area contributed by atoms with Crippen LogP contribution in [0.5, 0.6) is 5.75 Å². The highest BCUT2D eigenvalue weighted by molar-refractivity contribution is 5.93. The molecular weight excluding hydrogens is 376 g/mol. The molecule has 0 spiro atoms. The third-order valence-electron chi connectivity index (χ3n) is 7.92. The predicted molar refractivity (Wildman–Crippen MR) is 114 cm³/mol. The number of carbonyl (C=O) groups excluding carboxylic acids is 1. The largest absolute Gasteiger partial charge is 0.488 e. The summed E-state index contributed by atoms with van der Waals surface area (Å²) >= 11 is 0. The van der Waals surface area contributed by atoms with Crippen molar-refractivity contribution >= 4 is 5.91 Å². The fraction of sp³-hybridized carbons (Fsp3) is 0.600. The lowest BCUT2D eigenvalue weighted by Crippen LogP contribution is -2.51. The smallest absolute Gasteiger partial charge is 0.273 e. The molecule has 4 aliphatic rings. The molecule has 2 aromatic rings. The van der Waals surface area contributed by atoms with E-state index >= 15 is 0 Å². The number of aromatic nitrogens is 1. The van der Waals surface area contributed by atoms with E-state index in [4.69, 9.17) is 9.26 Å². The first kappa shape index (κ1) is 19.7. The van der Waals surface area contributed by atoms with Crippen LogP contribution in [-0.4, -0.2) is 17.6 Å². The van der Waals surface area contributed by atoms with Crippen LogP contribution in [0.4, 0.5) is 0 Å². The summed E-state index contributed by atoms with van der Waals surface area (Å²) in [7, 11) is 0. The molecule has 5 heteroatoms. The number of ether oxygens (including phenoxy) is 1. The Morgan fingerprint density at radius 2 is 1.80 bits per heavy atom. The Morgan fingerprint density at radius 3 is 2.47 bits per heavy atom. The highest BCUT2D eigenvalue weighted by atomic mass is 16.5. The molecule has 4 fully saturated rings. The third-order valence-corrected chi connectivity index (χ3v) is 7.92. The van der Waals surface area contributed by atoms with Crippen molar-refractivity contribution < 1.29 is 14.1 Å². The molecule has 30 heavy (non-hydrogen) atoms. The van der Waals surface area contributed by atoms with Crippen LogP contribution in [0.1, 0.15) is 71.5 Å². The van der Waals surface area contributed by atoms with E-state index in [1.807, 2.05) is 26.0 Å². The number of nitrogens with one attached hydrogen (secondary N) is 1. The second-order valence-corrected chi connectivity index (χ2v) is 10.2. The van der Waals surface area contributed by atoms with Crippen molar-refractivity contribution in [3.63, 3.8) is 0 Å². The Balaban J connectivity index is 1.26. The van der Waals surface area contributed by atoms with Crippen molar-refractivity contribution in [1.29, 1.82) is 0 Å². The van der Waals surface area contributed by atoms with Crippen molar-refractivity contribution in [2.45, 2.75) is 65.9 Å². The molecule has 1 aromatic carbocycles. The Hall–Kier alpha value is -2.30. The summed E-state index contributed by atoms with van der Waals surface area (Å²) in [5, 5.41) is 7.28. The molecule has 0 unspecified atom stereocenters. The zero-order valence-corrected chi connectivity index (χ0v) is 18.3. The number of benzene rings is 1. The van der Waals surface area contributed by atoms with E-state index in [0.29, 0.717) is 16.9 Å². The Labute approximate surface area is 178 Å². The first-order valence-electron chi connectivity index (χ1n) is 11.3. The van der Waals surface area contributed by atoms with E-state index in [1.165, 1.54) is 44.1 Å². The molecule has 1 aromatic heterocycles. The van der Waals surface area contributed by atoms with E-state index < -0.39 is 0 Å². The van der Waals surface area contributed by atoms with Crippen molar-refractivity contribution in [1.82, 2.24) is 10.5 Å². The van der Waals surface area contributed by atoms with E-state index in [9.17, 15) is 4.79 Å². The fourth-order valence-electron chi connectivity index (χ4n) is 6.63.